The Morgan fingerprint density at radius 1 is 1.55 bits per heavy atom. The molecule has 0 aliphatic heterocycles. The van der Waals surface area contributed by atoms with Crippen LogP contribution in [0.1, 0.15) is 23.2 Å². The number of benzene rings is 1. The average Bonchev–Trinajstić information content (AvgIpc) is 2.35. The maximum absolute atomic E-state index is 13.8. The molecule has 0 N–H and O–H groups in total. The zero-order chi connectivity index (χ0) is 14.9. The second-order valence-corrected chi connectivity index (χ2v) is 6.34. The Morgan fingerprint density at radius 3 is 2.70 bits per heavy atom. The summed E-state index contributed by atoms with van der Waals surface area (Å²) in [6, 6.07) is 3.08. The first-order valence-corrected chi connectivity index (χ1v) is 7.13. The van der Waals surface area contributed by atoms with Crippen molar-refractivity contribution in [2.24, 2.45) is 5.92 Å². The number of nitrogens with zero attached hydrogens (tertiary/aromatic N) is 2. The first-order chi connectivity index (χ1) is 9.38. The van der Waals surface area contributed by atoms with Crippen molar-refractivity contribution in [3.05, 3.63) is 39.7 Å². The highest BCUT2D eigenvalue weighted by atomic mass is 79.9. The molecule has 1 saturated carbocycles. The third kappa shape index (κ3) is 3.15. The van der Waals surface area contributed by atoms with Crippen LogP contribution in [-0.4, -0.2) is 34.2 Å². The van der Waals surface area contributed by atoms with Crippen molar-refractivity contribution < 1.29 is 14.1 Å². The van der Waals surface area contributed by atoms with Gasteiger partial charge < -0.3 is 4.90 Å². The number of rotatable bonds is 4. The molecule has 1 fully saturated rings. The number of carbonyl (C=O) groups excluding carboxylic acids is 1. The number of nitro groups is 1. The summed E-state index contributed by atoms with van der Waals surface area (Å²) < 4.78 is 13.8. The molecule has 7 heteroatoms. The van der Waals surface area contributed by atoms with Gasteiger partial charge >= 0.3 is 0 Å². The summed E-state index contributed by atoms with van der Waals surface area (Å²) in [4.78, 5) is 23.9. The van der Waals surface area contributed by atoms with Gasteiger partial charge in [0.25, 0.3) is 11.6 Å². The number of hydrogen-bond donors (Lipinski definition) is 0. The van der Waals surface area contributed by atoms with Gasteiger partial charge in [0.2, 0.25) is 0 Å². The number of non-ortho nitro benzene ring substituents is 1. The zero-order valence-electron chi connectivity index (χ0n) is 10.9. The van der Waals surface area contributed by atoms with Gasteiger partial charge in [-0.15, -0.1) is 0 Å². The molecule has 0 bridgehead atoms. The largest absolute Gasteiger partial charge is 0.341 e. The number of nitro benzene ring substituents is 1. The molecule has 1 amide bonds. The molecule has 0 heterocycles. The van der Waals surface area contributed by atoms with Crippen molar-refractivity contribution >= 4 is 27.5 Å². The highest BCUT2D eigenvalue weighted by Gasteiger charge is 2.29. The number of hydrogen-bond acceptors (Lipinski definition) is 3. The third-order valence-corrected chi connectivity index (χ3v) is 4.20. The molecule has 108 valence electrons. The van der Waals surface area contributed by atoms with Crippen LogP contribution in [0.4, 0.5) is 10.1 Å². The van der Waals surface area contributed by atoms with Crippen molar-refractivity contribution in [2.75, 3.05) is 13.6 Å². The molecule has 0 spiro atoms. The van der Waals surface area contributed by atoms with Crippen LogP contribution in [0.25, 0.3) is 0 Å². The molecule has 2 rings (SSSR count). The molecule has 0 saturated heterocycles. The first kappa shape index (κ1) is 14.9. The zero-order valence-corrected chi connectivity index (χ0v) is 12.5. The number of alkyl halides is 1. The van der Waals surface area contributed by atoms with Crippen LogP contribution >= 0.6 is 15.9 Å². The van der Waals surface area contributed by atoms with Crippen LogP contribution < -0.4 is 0 Å². The highest BCUT2D eigenvalue weighted by Crippen LogP contribution is 2.33. The highest BCUT2D eigenvalue weighted by molar-refractivity contribution is 9.09. The molecule has 1 aromatic rings. The maximum atomic E-state index is 13.8. The number of carbonyl (C=O) groups is 1. The lowest BCUT2D eigenvalue weighted by atomic mass is 9.85. The van der Waals surface area contributed by atoms with Crippen molar-refractivity contribution in [2.45, 2.75) is 17.7 Å². The van der Waals surface area contributed by atoms with E-state index in [-0.39, 0.29) is 11.3 Å². The molecule has 20 heavy (non-hydrogen) atoms. The van der Waals surface area contributed by atoms with Crippen molar-refractivity contribution in [3.8, 4) is 0 Å². The summed E-state index contributed by atoms with van der Waals surface area (Å²) in [5, 5.41) is 10.5. The van der Waals surface area contributed by atoms with Gasteiger partial charge in [0.1, 0.15) is 5.82 Å². The van der Waals surface area contributed by atoms with Crippen molar-refractivity contribution in [1.82, 2.24) is 4.90 Å². The van der Waals surface area contributed by atoms with Gasteiger partial charge in [0.15, 0.2) is 0 Å². The van der Waals surface area contributed by atoms with Crippen LogP contribution in [-0.2, 0) is 0 Å². The lowest BCUT2D eigenvalue weighted by Gasteiger charge is -2.34. The SMILES string of the molecule is CN(CC1CC(Br)C1)C(=O)c1ccc([N+](=O)[O-])cc1F. The monoisotopic (exact) mass is 344 g/mol. The number of amides is 1. The Kier molecular flexibility index (Phi) is 4.37. The van der Waals surface area contributed by atoms with Crippen LogP contribution in [0.2, 0.25) is 0 Å². The lowest BCUT2D eigenvalue weighted by molar-refractivity contribution is -0.385. The quantitative estimate of drug-likeness (QED) is 0.479. The minimum atomic E-state index is -0.858. The second kappa shape index (κ2) is 5.87. The smallest absolute Gasteiger partial charge is 0.272 e. The van der Waals surface area contributed by atoms with E-state index in [0.717, 1.165) is 25.0 Å². The standard InChI is InChI=1S/C13H14BrFN2O3/c1-16(7-8-4-9(14)5-8)13(18)11-3-2-10(17(19)20)6-12(11)15/h2-3,6,8-9H,4-5,7H2,1H3. The van der Waals surface area contributed by atoms with E-state index in [2.05, 4.69) is 15.9 Å². The first-order valence-electron chi connectivity index (χ1n) is 6.22. The van der Waals surface area contributed by atoms with E-state index in [4.69, 9.17) is 0 Å². The van der Waals surface area contributed by atoms with E-state index in [9.17, 15) is 19.3 Å². The fraction of sp³-hybridized carbons (Fsp3) is 0.462. The molecule has 1 aliphatic carbocycles. The molecular weight excluding hydrogens is 331 g/mol. The van der Waals surface area contributed by atoms with Gasteiger partial charge in [-0.25, -0.2) is 4.39 Å². The number of halogens is 2. The van der Waals surface area contributed by atoms with Crippen LogP contribution in [0.5, 0.6) is 0 Å². The van der Waals surface area contributed by atoms with Crippen LogP contribution in [0, 0.1) is 21.8 Å². The topological polar surface area (TPSA) is 63.5 Å². The fourth-order valence-electron chi connectivity index (χ4n) is 2.27. The minimum Gasteiger partial charge on any atom is -0.341 e. The summed E-state index contributed by atoms with van der Waals surface area (Å²) in [7, 11) is 1.62. The predicted octanol–water partition coefficient (Wildman–Crippen LogP) is 2.98. The average molecular weight is 345 g/mol. The van der Waals surface area contributed by atoms with E-state index >= 15 is 0 Å². The van der Waals surface area contributed by atoms with Crippen LogP contribution in [0.3, 0.4) is 0 Å². The van der Waals surface area contributed by atoms with Gasteiger partial charge in [-0.1, -0.05) is 15.9 Å². The molecular formula is C13H14BrFN2O3. The lowest BCUT2D eigenvalue weighted by Crippen LogP contribution is -2.38. The van der Waals surface area contributed by atoms with Gasteiger partial charge in [0, 0.05) is 24.5 Å². The van der Waals surface area contributed by atoms with Crippen LogP contribution in [0.15, 0.2) is 18.2 Å². The summed E-state index contributed by atoms with van der Waals surface area (Å²) in [5.41, 5.74) is -0.490. The van der Waals surface area contributed by atoms with E-state index < -0.39 is 16.6 Å². The summed E-state index contributed by atoms with van der Waals surface area (Å²) >= 11 is 3.48. The van der Waals surface area contributed by atoms with Gasteiger partial charge in [0.05, 0.1) is 16.6 Å². The molecule has 1 aromatic carbocycles. The van der Waals surface area contributed by atoms with E-state index in [1.165, 1.54) is 11.0 Å². The van der Waals surface area contributed by atoms with E-state index in [0.29, 0.717) is 17.3 Å². The Balaban J connectivity index is 2.06. The second-order valence-electron chi connectivity index (χ2n) is 5.04. The van der Waals surface area contributed by atoms with E-state index in [1.807, 2.05) is 0 Å². The van der Waals surface area contributed by atoms with Gasteiger partial charge in [-0.3, -0.25) is 14.9 Å². The Morgan fingerprint density at radius 2 is 2.20 bits per heavy atom. The third-order valence-electron chi connectivity index (χ3n) is 3.45. The summed E-state index contributed by atoms with van der Waals surface area (Å²) in [5.74, 6) is -0.882. The molecule has 0 atom stereocenters. The van der Waals surface area contributed by atoms with Crippen molar-refractivity contribution in [1.29, 1.82) is 0 Å². The fourth-order valence-corrected chi connectivity index (χ4v) is 3.33. The molecule has 0 radical (unpaired) electrons. The van der Waals surface area contributed by atoms with Crippen molar-refractivity contribution in [3.63, 3.8) is 0 Å². The normalized spacial score (nSPS) is 21.1. The van der Waals surface area contributed by atoms with Gasteiger partial charge in [-0.05, 0) is 24.8 Å². The van der Waals surface area contributed by atoms with Gasteiger partial charge in [-0.2, -0.15) is 0 Å². The predicted molar refractivity (Wildman–Crippen MR) is 75.5 cm³/mol. The molecule has 5 nitrogen and oxygen atoms in total. The Hall–Kier alpha value is -1.50. The summed E-state index contributed by atoms with van der Waals surface area (Å²) in [6.07, 6.45) is 2.00. The Bertz CT molecular complexity index is 546. The Labute approximate surface area is 124 Å². The summed E-state index contributed by atoms with van der Waals surface area (Å²) in [6.45, 7) is 0.567. The molecule has 0 aromatic heterocycles. The minimum absolute atomic E-state index is 0.132. The molecule has 0 unspecified atom stereocenters. The van der Waals surface area contributed by atoms with E-state index in [1.54, 1.807) is 7.05 Å². The maximum Gasteiger partial charge on any atom is 0.272 e. The molecule has 1 aliphatic rings.